The van der Waals surface area contributed by atoms with Gasteiger partial charge in [-0.1, -0.05) is 31.5 Å². The highest BCUT2D eigenvalue weighted by Gasteiger charge is 2.18. The molecule has 1 atom stereocenters. The summed E-state index contributed by atoms with van der Waals surface area (Å²) in [6.45, 7) is 2.32. The van der Waals surface area contributed by atoms with Gasteiger partial charge in [-0.05, 0) is 25.0 Å². The van der Waals surface area contributed by atoms with Crippen molar-refractivity contribution in [2.24, 2.45) is 0 Å². The number of carbonyl (C=O) groups excluding carboxylic acids is 1. The number of para-hydroxylation sites is 1. The first-order valence-electron chi connectivity index (χ1n) is 6.83. The van der Waals surface area contributed by atoms with Gasteiger partial charge >= 0.3 is 5.97 Å². The Labute approximate surface area is 118 Å². The topological polar surface area (TPSA) is 75.6 Å². The third-order valence-electron chi connectivity index (χ3n) is 2.77. The summed E-state index contributed by atoms with van der Waals surface area (Å²) in [5.74, 6) is -0.467. The average molecular weight is 279 g/mol. The fourth-order valence-corrected chi connectivity index (χ4v) is 1.75. The summed E-state index contributed by atoms with van der Waals surface area (Å²) >= 11 is 0. The molecule has 0 spiro atoms. The number of hydrogen-bond donors (Lipinski definition) is 2. The van der Waals surface area contributed by atoms with E-state index in [1.165, 1.54) is 0 Å². The number of rotatable bonds is 9. The zero-order valence-electron chi connectivity index (χ0n) is 11.7. The van der Waals surface area contributed by atoms with Crippen LogP contribution in [-0.4, -0.2) is 29.6 Å². The Morgan fingerprint density at radius 1 is 1.30 bits per heavy atom. The van der Waals surface area contributed by atoms with Gasteiger partial charge in [0.25, 0.3) is 0 Å². The number of carboxylic acid groups (broad SMARTS) is 1. The number of aliphatic carboxylic acids is 1. The Morgan fingerprint density at radius 2 is 2.00 bits per heavy atom. The van der Waals surface area contributed by atoms with Gasteiger partial charge in [-0.25, -0.2) is 4.79 Å². The molecule has 0 unspecified atom stereocenters. The molecule has 1 aromatic rings. The molecule has 0 bridgehead atoms. The zero-order valence-corrected chi connectivity index (χ0v) is 11.7. The molecule has 0 aliphatic carbocycles. The van der Waals surface area contributed by atoms with E-state index in [1.54, 1.807) is 0 Å². The van der Waals surface area contributed by atoms with E-state index in [-0.39, 0.29) is 12.3 Å². The molecule has 0 heterocycles. The zero-order chi connectivity index (χ0) is 14.8. The third kappa shape index (κ3) is 6.22. The van der Waals surface area contributed by atoms with Crippen LogP contribution in [-0.2, 0) is 9.59 Å². The Bertz CT molecular complexity index is 419. The van der Waals surface area contributed by atoms with Gasteiger partial charge in [-0.15, -0.1) is 0 Å². The number of carboxylic acids is 1. The quantitative estimate of drug-likeness (QED) is 0.680. The first-order valence-corrected chi connectivity index (χ1v) is 6.83. The summed E-state index contributed by atoms with van der Waals surface area (Å²) < 4.78 is 5.46. The maximum atomic E-state index is 11.6. The average Bonchev–Trinajstić information content (AvgIpc) is 2.44. The monoisotopic (exact) mass is 279 g/mol. The van der Waals surface area contributed by atoms with Crippen molar-refractivity contribution < 1.29 is 19.4 Å². The van der Waals surface area contributed by atoms with E-state index in [0.29, 0.717) is 25.9 Å². The molecule has 0 aromatic heterocycles. The Morgan fingerprint density at radius 3 is 2.60 bits per heavy atom. The van der Waals surface area contributed by atoms with Gasteiger partial charge in [0.2, 0.25) is 5.91 Å². The van der Waals surface area contributed by atoms with Crippen molar-refractivity contribution in [2.75, 3.05) is 6.61 Å². The summed E-state index contributed by atoms with van der Waals surface area (Å²) in [6.07, 6.45) is 1.98. The van der Waals surface area contributed by atoms with Gasteiger partial charge in [0, 0.05) is 6.42 Å². The maximum absolute atomic E-state index is 11.6. The number of amides is 1. The van der Waals surface area contributed by atoms with Gasteiger partial charge in [-0.3, -0.25) is 4.79 Å². The lowest BCUT2D eigenvalue weighted by molar-refractivity contribution is -0.142. The lowest BCUT2D eigenvalue weighted by atomic mass is 10.1. The predicted molar refractivity (Wildman–Crippen MR) is 75.6 cm³/mol. The molecule has 110 valence electrons. The molecule has 0 aliphatic rings. The van der Waals surface area contributed by atoms with Crippen LogP contribution in [0.1, 0.15) is 32.6 Å². The van der Waals surface area contributed by atoms with E-state index in [9.17, 15) is 9.59 Å². The predicted octanol–water partition coefficient (Wildman–Crippen LogP) is 2.22. The molecular formula is C15H21NO4. The van der Waals surface area contributed by atoms with Crippen LogP contribution in [0.3, 0.4) is 0 Å². The van der Waals surface area contributed by atoms with Crippen molar-refractivity contribution in [3.8, 4) is 5.75 Å². The molecule has 5 heteroatoms. The lowest BCUT2D eigenvalue weighted by Gasteiger charge is -2.13. The van der Waals surface area contributed by atoms with Crippen molar-refractivity contribution in [3.63, 3.8) is 0 Å². The first kappa shape index (κ1) is 16.0. The van der Waals surface area contributed by atoms with E-state index >= 15 is 0 Å². The molecule has 0 fully saturated rings. The standard InChI is InChI=1S/C15H21NO4/c1-2-7-13(15(18)19)16-14(17)10-6-11-20-12-8-4-3-5-9-12/h3-5,8-9,13H,2,6-7,10-11H2,1H3,(H,16,17)(H,18,19)/t13-/m0/s1. The second-order valence-electron chi connectivity index (χ2n) is 4.51. The second-order valence-corrected chi connectivity index (χ2v) is 4.51. The molecule has 0 radical (unpaired) electrons. The molecule has 5 nitrogen and oxygen atoms in total. The molecule has 0 saturated heterocycles. The molecule has 0 aliphatic heterocycles. The largest absolute Gasteiger partial charge is 0.494 e. The molecule has 1 aromatic carbocycles. The van der Waals surface area contributed by atoms with Crippen LogP contribution < -0.4 is 10.1 Å². The van der Waals surface area contributed by atoms with Crippen LogP contribution in [0.2, 0.25) is 0 Å². The fraction of sp³-hybridized carbons (Fsp3) is 0.467. The highest BCUT2D eigenvalue weighted by Crippen LogP contribution is 2.08. The Hall–Kier alpha value is -2.04. The Kier molecular flexibility index (Phi) is 7.17. The summed E-state index contributed by atoms with van der Waals surface area (Å²) in [7, 11) is 0. The normalized spacial score (nSPS) is 11.7. The van der Waals surface area contributed by atoms with Gasteiger partial charge in [0.05, 0.1) is 6.61 Å². The van der Waals surface area contributed by atoms with Crippen LogP contribution in [0.15, 0.2) is 30.3 Å². The van der Waals surface area contributed by atoms with E-state index in [0.717, 1.165) is 5.75 Å². The van der Waals surface area contributed by atoms with Crippen molar-refractivity contribution in [1.29, 1.82) is 0 Å². The molecular weight excluding hydrogens is 258 g/mol. The summed E-state index contributed by atoms with van der Waals surface area (Å²) in [5.41, 5.74) is 0. The van der Waals surface area contributed by atoms with Crippen LogP contribution in [0, 0.1) is 0 Å². The number of carbonyl (C=O) groups is 2. The molecule has 20 heavy (non-hydrogen) atoms. The van der Waals surface area contributed by atoms with Crippen LogP contribution in [0.5, 0.6) is 5.75 Å². The number of benzene rings is 1. The van der Waals surface area contributed by atoms with E-state index in [1.807, 2.05) is 37.3 Å². The summed E-state index contributed by atoms with van der Waals surface area (Å²) in [6, 6.07) is 8.57. The minimum atomic E-state index is -0.985. The number of ether oxygens (including phenoxy) is 1. The summed E-state index contributed by atoms with van der Waals surface area (Å²) in [4.78, 5) is 22.5. The van der Waals surface area contributed by atoms with Crippen molar-refractivity contribution >= 4 is 11.9 Å². The molecule has 1 amide bonds. The van der Waals surface area contributed by atoms with Gasteiger partial charge in [0.1, 0.15) is 11.8 Å². The van der Waals surface area contributed by atoms with Crippen LogP contribution in [0.25, 0.3) is 0 Å². The first-order chi connectivity index (χ1) is 9.63. The van der Waals surface area contributed by atoms with Gasteiger partial charge < -0.3 is 15.2 Å². The van der Waals surface area contributed by atoms with E-state index in [4.69, 9.17) is 9.84 Å². The lowest BCUT2D eigenvalue weighted by Crippen LogP contribution is -2.40. The van der Waals surface area contributed by atoms with Gasteiger partial charge in [-0.2, -0.15) is 0 Å². The highest BCUT2D eigenvalue weighted by molar-refractivity contribution is 5.83. The van der Waals surface area contributed by atoms with Crippen molar-refractivity contribution in [2.45, 2.75) is 38.6 Å². The van der Waals surface area contributed by atoms with Crippen molar-refractivity contribution in [1.82, 2.24) is 5.32 Å². The Balaban J connectivity index is 2.21. The smallest absolute Gasteiger partial charge is 0.326 e. The number of hydrogen-bond acceptors (Lipinski definition) is 3. The van der Waals surface area contributed by atoms with Crippen LogP contribution >= 0.6 is 0 Å². The summed E-state index contributed by atoms with van der Waals surface area (Å²) in [5, 5.41) is 11.5. The van der Waals surface area contributed by atoms with E-state index in [2.05, 4.69) is 5.32 Å². The molecule has 1 rings (SSSR count). The minimum Gasteiger partial charge on any atom is -0.494 e. The minimum absolute atomic E-state index is 0.248. The van der Waals surface area contributed by atoms with Gasteiger partial charge in [0.15, 0.2) is 0 Å². The maximum Gasteiger partial charge on any atom is 0.326 e. The molecule has 2 N–H and O–H groups in total. The van der Waals surface area contributed by atoms with E-state index < -0.39 is 12.0 Å². The third-order valence-corrected chi connectivity index (χ3v) is 2.77. The fourth-order valence-electron chi connectivity index (χ4n) is 1.75. The number of nitrogens with one attached hydrogen (secondary N) is 1. The highest BCUT2D eigenvalue weighted by atomic mass is 16.5. The molecule has 0 saturated carbocycles. The van der Waals surface area contributed by atoms with Crippen LogP contribution in [0.4, 0.5) is 0 Å². The van der Waals surface area contributed by atoms with Crippen molar-refractivity contribution in [3.05, 3.63) is 30.3 Å². The SMILES string of the molecule is CCC[C@H](NC(=O)CCCOc1ccccc1)C(=O)O. The second kappa shape index (κ2) is 8.96.